The first-order valence-corrected chi connectivity index (χ1v) is 10.2. The summed E-state index contributed by atoms with van der Waals surface area (Å²) in [5, 5.41) is 0. The molecule has 1 saturated heterocycles. The van der Waals surface area contributed by atoms with Gasteiger partial charge in [-0.15, -0.1) is 0 Å². The minimum Gasteiger partial charge on any atom is -0.468 e. The zero-order valence-electron chi connectivity index (χ0n) is 14.9. The molecule has 2 rings (SSSR count). The van der Waals surface area contributed by atoms with Gasteiger partial charge in [0.2, 0.25) is 5.88 Å². The second-order valence-electron chi connectivity index (χ2n) is 6.10. The van der Waals surface area contributed by atoms with Gasteiger partial charge in [0, 0.05) is 24.8 Å². The number of ether oxygens (including phenoxy) is 2. The van der Waals surface area contributed by atoms with Crippen LogP contribution in [-0.2, 0) is 19.4 Å². The van der Waals surface area contributed by atoms with E-state index >= 15 is 0 Å². The summed E-state index contributed by atoms with van der Waals surface area (Å²) < 4.78 is 68.7. The summed E-state index contributed by atoms with van der Waals surface area (Å²) in [6.45, 7) is -0.144. The minimum absolute atomic E-state index is 0.00959. The van der Waals surface area contributed by atoms with Gasteiger partial charge in [0.1, 0.15) is 0 Å². The van der Waals surface area contributed by atoms with Gasteiger partial charge in [-0.1, -0.05) is 0 Å². The minimum atomic E-state index is -4.51. The van der Waals surface area contributed by atoms with Gasteiger partial charge in [-0.05, 0) is 19.4 Å². The molecule has 0 aromatic carbocycles. The van der Waals surface area contributed by atoms with Crippen LogP contribution >= 0.6 is 0 Å². The molecule has 0 N–H and O–H groups in total. The molecule has 1 amide bonds. The second-order valence-corrected chi connectivity index (χ2v) is 8.33. The lowest BCUT2D eigenvalue weighted by Crippen LogP contribution is -2.43. The van der Waals surface area contributed by atoms with E-state index < -0.39 is 47.1 Å². The van der Waals surface area contributed by atoms with E-state index in [9.17, 15) is 31.2 Å². The lowest BCUT2D eigenvalue weighted by molar-refractivity contribution is -0.154. The number of alkyl halides is 3. The van der Waals surface area contributed by atoms with Crippen molar-refractivity contribution in [3.8, 4) is 5.88 Å². The topological polar surface area (TPSA) is 103 Å². The van der Waals surface area contributed by atoms with E-state index in [-0.39, 0.29) is 29.5 Å². The third kappa shape index (κ3) is 6.36. The number of aromatic nitrogens is 1. The van der Waals surface area contributed by atoms with E-state index in [0.29, 0.717) is 6.42 Å². The van der Waals surface area contributed by atoms with Crippen molar-refractivity contribution in [1.82, 2.24) is 9.88 Å². The van der Waals surface area contributed by atoms with Crippen molar-refractivity contribution in [3.05, 3.63) is 23.9 Å². The van der Waals surface area contributed by atoms with Crippen molar-refractivity contribution in [2.75, 3.05) is 31.3 Å². The Labute approximate surface area is 159 Å². The first-order valence-electron chi connectivity index (χ1n) is 8.33. The van der Waals surface area contributed by atoms with Crippen LogP contribution in [0.3, 0.4) is 0 Å². The normalized spacial score (nSPS) is 18.5. The Morgan fingerprint density at radius 1 is 1.32 bits per heavy atom. The van der Waals surface area contributed by atoms with Crippen LogP contribution in [0.15, 0.2) is 18.3 Å². The number of rotatable bonds is 7. The molecule has 0 aliphatic carbocycles. The summed E-state index contributed by atoms with van der Waals surface area (Å²) in [6, 6.07) is 1.78. The van der Waals surface area contributed by atoms with Crippen LogP contribution in [0.2, 0.25) is 0 Å². The van der Waals surface area contributed by atoms with Gasteiger partial charge in [-0.3, -0.25) is 4.79 Å². The van der Waals surface area contributed by atoms with E-state index in [1.807, 2.05) is 0 Å². The Kier molecular flexibility index (Phi) is 6.86. The molecular weight excluding hydrogens is 405 g/mol. The van der Waals surface area contributed by atoms with Crippen molar-refractivity contribution < 1.29 is 40.7 Å². The van der Waals surface area contributed by atoms with Crippen LogP contribution in [0.25, 0.3) is 0 Å². The summed E-state index contributed by atoms with van der Waals surface area (Å²) in [6.07, 6.45) is -3.21. The van der Waals surface area contributed by atoms with E-state index in [1.54, 1.807) is 6.92 Å². The van der Waals surface area contributed by atoms with Crippen LogP contribution in [-0.4, -0.2) is 73.7 Å². The first kappa shape index (κ1) is 21.9. The maximum Gasteiger partial charge on any atom is 0.422 e. The number of pyridine rings is 1. The number of halogens is 3. The van der Waals surface area contributed by atoms with Crippen LogP contribution in [0.5, 0.6) is 5.88 Å². The molecule has 0 spiro atoms. The molecule has 0 bridgehead atoms. The molecule has 1 atom stereocenters. The summed E-state index contributed by atoms with van der Waals surface area (Å²) in [4.78, 5) is 29.1. The zero-order valence-corrected chi connectivity index (χ0v) is 15.8. The Morgan fingerprint density at radius 2 is 2.04 bits per heavy atom. The highest BCUT2D eigenvalue weighted by Crippen LogP contribution is 2.19. The van der Waals surface area contributed by atoms with Crippen molar-refractivity contribution >= 4 is 21.7 Å². The summed E-state index contributed by atoms with van der Waals surface area (Å²) >= 11 is 0. The van der Waals surface area contributed by atoms with Gasteiger partial charge >= 0.3 is 12.1 Å². The van der Waals surface area contributed by atoms with E-state index in [4.69, 9.17) is 4.74 Å². The van der Waals surface area contributed by atoms with Crippen molar-refractivity contribution in [1.29, 1.82) is 0 Å². The standard InChI is InChI=1S/C16H19F3N2O6S/c1-2-21(12-5-6-28(24,25)9-12)14(22)8-26-15(23)11-3-4-13(20-7-11)27-10-16(17,18)19/h3-4,7,12H,2,5-6,8-10H2,1H3. The Morgan fingerprint density at radius 3 is 2.54 bits per heavy atom. The predicted molar refractivity (Wildman–Crippen MR) is 90.5 cm³/mol. The number of hydrogen-bond acceptors (Lipinski definition) is 7. The van der Waals surface area contributed by atoms with Gasteiger partial charge < -0.3 is 14.4 Å². The molecule has 0 saturated carbocycles. The van der Waals surface area contributed by atoms with E-state index in [2.05, 4.69) is 9.72 Å². The van der Waals surface area contributed by atoms with Crippen LogP contribution < -0.4 is 4.74 Å². The lowest BCUT2D eigenvalue weighted by atomic mass is 10.2. The molecule has 1 fully saturated rings. The molecule has 2 heterocycles. The van der Waals surface area contributed by atoms with Crippen molar-refractivity contribution in [2.45, 2.75) is 25.6 Å². The molecule has 8 nitrogen and oxygen atoms in total. The Balaban J connectivity index is 1.87. The number of carbonyl (C=O) groups is 2. The van der Waals surface area contributed by atoms with Crippen LogP contribution in [0.4, 0.5) is 13.2 Å². The number of esters is 1. The third-order valence-corrected chi connectivity index (χ3v) is 5.74. The number of carbonyl (C=O) groups excluding carboxylic acids is 2. The quantitative estimate of drug-likeness (QED) is 0.606. The second kappa shape index (κ2) is 8.76. The molecule has 1 aliphatic heterocycles. The molecule has 1 aliphatic rings. The number of sulfone groups is 1. The average molecular weight is 424 g/mol. The number of amides is 1. The monoisotopic (exact) mass is 424 g/mol. The molecule has 12 heteroatoms. The number of likely N-dealkylation sites (N-methyl/N-ethyl adjacent to an activating group) is 1. The van der Waals surface area contributed by atoms with Gasteiger partial charge in [0.05, 0.1) is 17.1 Å². The highest BCUT2D eigenvalue weighted by Gasteiger charge is 2.34. The largest absolute Gasteiger partial charge is 0.468 e. The molecule has 1 aromatic rings. The molecule has 1 aromatic heterocycles. The van der Waals surface area contributed by atoms with Gasteiger partial charge in [0.25, 0.3) is 5.91 Å². The molecular formula is C16H19F3N2O6S. The average Bonchev–Trinajstić information content (AvgIpc) is 2.98. The predicted octanol–water partition coefficient (Wildman–Crippen LogP) is 1.22. The molecule has 1 unspecified atom stereocenters. The van der Waals surface area contributed by atoms with Gasteiger partial charge in [-0.25, -0.2) is 18.2 Å². The lowest BCUT2D eigenvalue weighted by Gasteiger charge is -2.26. The zero-order chi connectivity index (χ0) is 20.9. The SMILES string of the molecule is CCN(C(=O)COC(=O)c1ccc(OCC(F)(F)F)nc1)C1CCS(=O)(=O)C1. The van der Waals surface area contributed by atoms with Crippen LogP contribution in [0, 0.1) is 0 Å². The number of hydrogen-bond donors (Lipinski definition) is 0. The maximum absolute atomic E-state index is 12.3. The first-order chi connectivity index (χ1) is 13.0. The van der Waals surface area contributed by atoms with Crippen molar-refractivity contribution in [2.24, 2.45) is 0 Å². The number of nitrogens with zero attached hydrogens (tertiary/aromatic N) is 2. The molecule has 28 heavy (non-hydrogen) atoms. The van der Waals surface area contributed by atoms with E-state index in [1.165, 1.54) is 4.90 Å². The fraction of sp³-hybridized carbons (Fsp3) is 0.562. The van der Waals surface area contributed by atoms with Gasteiger partial charge in [0.15, 0.2) is 23.1 Å². The molecule has 156 valence electrons. The van der Waals surface area contributed by atoms with Crippen molar-refractivity contribution in [3.63, 3.8) is 0 Å². The Hall–Kier alpha value is -2.37. The fourth-order valence-corrected chi connectivity index (χ4v) is 4.43. The highest BCUT2D eigenvalue weighted by atomic mass is 32.2. The smallest absolute Gasteiger partial charge is 0.422 e. The van der Waals surface area contributed by atoms with Gasteiger partial charge in [-0.2, -0.15) is 13.2 Å². The summed E-state index contributed by atoms with van der Waals surface area (Å²) in [5.41, 5.74) is -0.0707. The molecule has 0 radical (unpaired) electrons. The fourth-order valence-electron chi connectivity index (χ4n) is 2.70. The van der Waals surface area contributed by atoms with Crippen LogP contribution in [0.1, 0.15) is 23.7 Å². The summed E-state index contributed by atoms with van der Waals surface area (Å²) in [7, 11) is -3.17. The van der Waals surface area contributed by atoms with E-state index in [0.717, 1.165) is 18.3 Å². The Bertz CT molecular complexity index is 811. The third-order valence-electron chi connectivity index (χ3n) is 3.99. The highest BCUT2D eigenvalue weighted by molar-refractivity contribution is 7.91. The summed E-state index contributed by atoms with van der Waals surface area (Å²) in [5.74, 6) is -1.85. The maximum atomic E-state index is 12.3.